The molecule has 0 aliphatic carbocycles. The van der Waals surface area contributed by atoms with Crippen LogP contribution < -0.4 is 16.8 Å². The first-order chi connectivity index (χ1) is 6.42. The molecule has 1 amide bonds. The minimum atomic E-state index is -0.677. The molecule has 0 saturated carbocycles. The van der Waals surface area contributed by atoms with E-state index in [1.165, 1.54) is 0 Å². The molecule has 1 heterocycles. The molecule has 0 saturated heterocycles. The van der Waals surface area contributed by atoms with E-state index in [1.807, 2.05) is 0 Å². The molecule has 14 heavy (non-hydrogen) atoms. The van der Waals surface area contributed by atoms with E-state index in [9.17, 15) is 4.79 Å². The highest BCUT2D eigenvalue weighted by Crippen LogP contribution is 2.15. The second kappa shape index (κ2) is 3.52. The van der Waals surface area contributed by atoms with E-state index in [0.29, 0.717) is 6.54 Å². The molecule has 1 aromatic rings. The van der Waals surface area contributed by atoms with E-state index in [2.05, 4.69) is 15.5 Å². The van der Waals surface area contributed by atoms with Crippen LogP contribution in [0.3, 0.4) is 0 Å². The lowest BCUT2D eigenvalue weighted by atomic mass is 9.93. The molecule has 0 aliphatic rings. The molecule has 78 valence electrons. The van der Waals surface area contributed by atoms with Gasteiger partial charge in [0.05, 0.1) is 5.41 Å². The molecule has 7 heteroatoms. The summed E-state index contributed by atoms with van der Waals surface area (Å²) in [6.07, 6.45) is 0. The summed E-state index contributed by atoms with van der Waals surface area (Å²) in [6.45, 7) is 3.73. The Kier molecular flexibility index (Phi) is 2.59. The molecule has 1 rings (SSSR count). The quantitative estimate of drug-likeness (QED) is 0.605. The van der Waals surface area contributed by atoms with Gasteiger partial charge in [0.15, 0.2) is 0 Å². The molecule has 0 fully saturated rings. The summed E-state index contributed by atoms with van der Waals surface area (Å²) >= 11 is 0. The van der Waals surface area contributed by atoms with Crippen LogP contribution >= 0.6 is 0 Å². The van der Waals surface area contributed by atoms with Gasteiger partial charge in [0.2, 0.25) is 5.91 Å². The van der Waals surface area contributed by atoms with Crippen LogP contribution in [0, 0.1) is 5.41 Å². The van der Waals surface area contributed by atoms with Crippen LogP contribution in [0.5, 0.6) is 0 Å². The van der Waals surface area contributed by atoms with Gasteiger partial charge in [-0.25, -0.2) is 0 Å². The Morgan fingerprint density at radius 2 is 2.21 bits per heavy atom. The van der Waals surface area contributed by atoms with Crippen LogP contribution in [-0.2, 0) is 4.79 Å². The number of nitrogens with one attached hydrogen (secondary N) is 1. The van der Waals surface area contributed by atoms with E-state index in [-0.39, 0.29) is 12.0 Å². The van der Waals surface area contributed by atoms with Gasteiger partial charge in [-0.2, -0.15) is 0 Å². The van der Waals surface area contributed by atoms with Crippen molar-refractivity contribution < 1.29 is 9.21 Å². The zero-order valence-corrected chi connectivity index (χ0v) is 8.07. The number of amides is 1. The van der Waals surface area contributed by atoms with Crippen LogP contribution in [-0.4, -0.2) is 22.6 Å². The zero-order chi connectivity index (χ0) is 10.8. The lowest BCUT2D eigenvalue weighted by molar-refractivity contribution is -0.125. The molecule has 0 aliphatic heterocycles. The predicted octanol–water partition coefficient (Wildman–Crippen LogP) is -0.425. The molecule has 0 unspecified atom stereocenters. The molecule has 7 nitrogen and oxygen atoms in total. The first kappa shape index (κ1) is 10.3. The van der Waals surface area contributed by atoms with Crippen molar-refractivity contribution in [1.29, 1.82) is 0 Å². The summed E-state index contributed by atoms with van der Waals surface area (Å²) in [7, 11) is 0. The molecular weight excluding hydrogens is 186 g/mol. The van der Waals surface area contributed by atoms with Gasteiger partial charge < -0.3 is 21.2 Å². The largest absolute Gasteiger partial charge is 0.390 e. The number of nitrogens with two attached hydrogens (primary N) is 2. The maximum absolute atomic E-state index is 10.9. The van der Waals surface area contributed by atoms with Crippen molar-refractivity contribution in [2.24, 2.45) is 11.1 Å². The topological polar surface area (TPSA) is 120 Å². The number of rotatable bonds is 4. The van der Waals surface area contributed by atoms with Gasteiger partial charge in [0.1, 0.15) is 0 Å². The minimum absolute atomic E-state index is 0.0237. The fourth-order valence-corrected chi connectivity index (χ4v) is 0.690. The molecule has 5 N–H and O–H groups in total. The summed E-state index contributed by atoms with van der Waals surface area (Å²) in [5, 5.41) is 9.78. The number of hydrogen-bond donors (Lipinski definition) is 3. The summed E-state index contributed by atoms with van der Waals surface area (Å²) in [4.78, 5) is 10.9. The third kappa shape index (κ3) is 2.35. The maximum Gasteiger partial charge on any atom is 0.316 e. The number of aromatic nitrogens is 2. The Labute approximate surface area is 80.8 Å². The third-order valence-electron chi connectivity index (χ3n) is 1.79. The smallest absolute Gasteiger partial charge is 0.316 e. The second-order valence-electron chi connectivity index (χ2n) is 3.55. The highest BCUT2D eigenvalue weighted by molar-refractivity contribution is 5.80. The van der Waals surface area contributed by atoms with E-state index in [1.54, 1.807) is 13.8 Å². The van der Waals surface area contributed by atoms with Crippen molar-refractivity contribution >= 4 is 17.9 Å². The van der Waals surface area contributed by atoms with E-state index < -0.39 is 11.3 Å². The van der Waals surface area contributed by atoms with Crippen molar-refractivity contribution in [1.82, 2.24) is 10.2 Å². The molecule has 0 aromatic carbocycles. The lowest BCUT2D eigenvalue weighted by Gasteiger charge is -2.19. The Balaban J connectivity index is 2.52. The Hall–Kier alpha value is -1.79. The van der Waals surface area contributed by atoms with Crippen molar-refractivity contribution in [3.63, 3.8) is 0 Å². The standard InChI is InChI=1S/C7H13N5O2/c1-7(2,4(8)13)3-10-6-12-11-5(9)14-6/h3H2,1-2H3,(H2,8,13)(H2,9,11)(H,10,12). The summed E-state index contributed by atoms with van der Waals surface area (Å²) in [5.74, 6) is -0.405. The number of primary amides is 1. The van der Waals surface area contributed by atoms with Gasteiger partial charge in [0, 0.05) is 6.54 Å². The van der Waals surface area contributed by atoms with Crippen LogP contribution in [0.2, 0.25) is 0 Å². The average Bonchev–Trinajstić information content (AvgIpc) is 2.48. The molecule has 1 aromatic heterocycles. The first-order valence-corrected chi connectivity index (χ1v) is 4.04. The number of anilines is 2. The highest BCUT2D eigenvalue weighted by atomic mass is 16.4. The number of carbonyl (C=O) groups excluding carboxylic acids is 1. The molecule has 0 atom stereocenters. The Morgan fingerprint density at radius 1 is 1.57 bits per heavy atom. The summed E-state index contributed by atoms with van der Waals surface area (Å²) in [5.41, 5.74) is 9.70. The van der Waals surface area contributed by atoms with Gasteiger partial charge in [-0.15, -0.1) is 0 Å². The number of nitrogen functional groups attached to an aromatic ring is 1. The molecule has 0 bridgehead atoms. The van der Waals surface area contributed by atoms with Gasteiger partial charge in [-0.05, 0) is 13.8 Å². The SMILES string of the molecule is CC(C)(CNc1nnc(N)o1)C(N)=O. The maximum atomic E-state index is 10.9. The van der Waals surface area contributed by atoms with Crippen molar-refractivity contribution in [3.8, 4) is 0 Å². The van der Waals surface area contributed by atoms with E-state index in [4.69, 9.17) is 15.9 Å². The Morgan fingerprint density at radius 3 is 2.64 bits per heavy atom. The van der Waals surface area contributed by atoms with Crippen LogP contribution in [0.25, 0.3) is 0 Å². The molecule has 0 spiro atoms. The van der Waals surface area contributed by atoms with E-state index >= 15 is 0 Å². The lowest BCUT2D eigenvalue weighted by Crippen LogP contribution is -2.37. The van der Waals surface area contributed by atoms with Crippen LogP contribution in [0.4, 0.5) is 12.0 Å². The minimum Gasteiger partial charge on any atom is -0.390 e. The number of hydrogen-bond acceptors (Lipinski definition) is 6. The fourth-order valence-electron chi connectivity index (χ4n) is 0.690. The fraction of sp³-hybridized carbons (Fsp3) is 0.571. The highest BCUT2D eigenvalue weighted by Gasteiger charge is 2.25. The second-order valence-corrected chi connectivity index (χ2v) is 3.55. The first-order valence-electron chi connectivity index (χ1n) is 4.04. The average molecular weight is 199 g/mol. The predicted molar refractivity (Wildman–Crippen MR) is 50.2 cm³/mol. The zero-order valence-electron chi connectivity index (χ0n) is 8.07. The number of nitrogens with zero attached hydrogens (tertiary/aromatic N) is 2. The third-order valence-corrected chi connectivity index (χ3v) is 1.79. The van der Waals surface area contributed by atoms with Gasteiger partial charge in [-0.1, -0.05) is 10.2 Å². The van der Waals surface area contributed by atoms with Crippen molar-refractivity contribution in [2.45, 2.75) is 13.8 Å². The van der Waals surface area contributed by atoms with E-state index in [0.717, 1.165) is 0 Å². The van der Waals surface area contributed by atoms with Crippen molar-refractivity contribution in [2.75, 3.05) is 17.6 Å². The van der Waals surface area contributed by atoms with Crippen molar-refractivity contribution in [3.05, 3.63) is 0 Å². The normalized spacial score (nSPS) is 11.3. The summed E-state index contributed by atoms with van der Waals surface area (Å²) < 4.78 is 4.85. The van der Waals surface area contributed by atoms with Crippen LogP contribution in [0.1, 0.15) is 13.8 Å². The van der Waals surface area contributed by atoms with Gasteiger partial charge in [-0.3, -0.25) is 4.79 Å². The van der Waals surface area contributed by atoms with Gasteiger partial charge >= 0.3 is 12.0 Å². The monoisotopic (exact) mass is 199 g/mol. The number of carbonyl (C=O) groups is 1. The Bertz CT molecular complexity index is 333. The van der Waals surface area contributed by atoms with Crippen LogP contribution in [0.15, 0.2) is 4.42 Å². The van der Waals surface area contributed by atoms with Gasteiger partial charge in [0.25, 0.3) is 0 Å². The molecule has 0 radical (unpaired) electrons. The summed E-state index contributed by atoms with van der Waals surface area (Å²) in [6, 6.07) is 0.154. The molecular formula is C7H13N5O2.